The number of hydrogen-bond acceptors (Lipinski definition) is 4. The quantitative estimate of drug-likeness (QED) is 0.647. The lowest BCUT2D eigenvalue weighted by molar-refractivity contribution is 0.0696. The van der Waals surface area contributed by atoms with E-state index in [4.69, 9.17) is 16.3 Å². The lowest BCUT2D eigenvalue weighted by Crippen LogP contribution is -2.19. The maximum Gasteiger partial charge on any atom is 0.337 e. The highest BCUT2D eigenvalue weighted by Gasteiger charge is 2.19. The number of anilines is 2. The third kappa shape index (κ3) is 4.83. The van der Waals surface area contributed by atoms with E-state index in [-0.39, 0.29) is 11.5 Å². The van der Waals surface area contributed by atoms with Crippen LogP contribution in [0.4, 0.5) is 11.5 Å². The summed E-state index contributed by atoms with van der Waals surface area (Å²) in [6, 6.07) is 7.23. The Morgan fingerprint density at radius 3 is 2.46 bits per heavy atom. The SMILES string of the molecule is C#Cc1cc(OCC(C)C)c(C(C)C)cc1N(CC)c1ccc(C(=O)O)cn1. The molecule has 0 atom stereocenters. The highest BCUT2D eigenvalue weighted by molar-refractivity contribution is 5.87. The van der Waals surface area contributed by atoms with E-state index in [1.54, 1.807) is 12.1 Å². The minimum absolute atomic E-state index is 0.150. The van der Waals surface area contributed by atoms with Gasteiger partial charge in [0.2, 0.25) is 0 Å². The van der Waals surface area contributed by atoms with Crippen LogP contribution in [-0.4, -0.2) is 29.2 Å². The minimum Gasteiger partial charge on any atom is -0.493 e. The molecule has 1 N–H and O–H groups in total. The number of carboxylic acid groups (broad SMARTS) is 1. The van der Waals surface area contributed by atoms with Crippen LogP contribution in [0.1, 0.15) is 62.0 Å². The van der Waals surface area contributed by atoms with Gasteiger partial charge in [-0.1, -0.05) is 33.6 Å². The van der Waals surface area contributed by atoms with Crippen molar-refractivity contribution in [2.45, 2.75) is 40.5 Å². The Balaban J connectivity index is 2.53. The van der Waals surface area contributed by atoms with Crippen molar-refractivity contribution in [2.75, 3.05) is 18.1 Å². The number of carboxylic acids is 1. The van der Waals surface area contributed by atoms with Gasteiger partial charge in [0, 0.05) is 12.7 Å². The van der Waals surface area contributed by atoms with Gasteiger partial charge in [-0.05, 0) is 48.6 Å². The van der Waals surface area contributed by atoms with E-state index < -0.39 is 5.97 Å². The molecule has 0 bridgehead atoms. The average Bonchev–Trinajstić information content (AvgIpc) is 2.67. The zero-order valence-electron chi connectivity index (χ0n) is 17.2. The van der Waals surface area contributed by atoms with Crippen molar-refractivity contribution in [1.82, 2.24) is 4.98 Å². The van der Waals surface area contributed by atoms with Crippen LogP contribution in [0.3, 0.4) is 0 Å². The molecule has 0 amide bonds. The van der Waals surface area contributed by atoms with Gasteiger partial charge in [-0.15, -0.1) is 6.42 Å². The van der Waals surface area contributed by atoms with Gasteiger partial charge in [0.05, 0.1) is 23.4 Å². The van der Waals surface area contributed by atoms with E-state index >= 15 is 0 Å². The molecule has 5 nitrogen and oxygen atoms in total. The molecular weight excluding hydrogens is 352 g/mol. The Bertz CT molecular complexity index is 865. The van der Waals surface area contributed by atoms with Crippen molar-refractivity contribution in [1.29, 1.82) is 0 Å². The maximum atomic E-state index is 11.1. The summed E-state index contributed by atoms with van der Waals surface area (Å²) in [6.45, 7) is 11.7. The van der Waals surface area contributed by atoms with Gasteiger partial charge in [0.25, 0.3) is 0 Å². The van der Waals surface area contributed by atoms with E-state index in [0.29, 0.717) is 30.5 Å². The normalized spacial score (nSPS) is 10.8. The molecule has 1 aromatic carbocycles. The fourth-order valence-electron chi connectivity index (χ4n) is 2.88. The number of terminal acetylenes is 1. The lowest BCUT2D eigenvalue weighted by Gasteiger charge is -2.26. The van der Waals surface area contributed by atoms with Gasteiger partial charge in [-0.3, -0.25) is 0 Å². The summed E-state index contributed by atoms with van der Waals surface area (Å²) in [5.74, 6) is 3.89. The van der Waals surface area contributed by atoms with Gasteiger partial charge in [0.15, 0.2) is 0 Å². The molecule has 0 spiro atoms. The highest BCUT2D eigenvalue weighted by atomic mass is 16.5. The molecule has 1 heterocycles. The second-order valence-electron chi connectivity index (χ2n) is 7.37. The Morgan fingerprint density at radius 2 is 2.00 bits per heavy atom. The van der Waals surface area contributed by atoms with Crippen LogP contribution < -0.4 is 9.64 Å². The standard InChI is InChI=1S/C23H28N2O3/c1-7-17-11-21(28-14-15(3)4)19(16(5)6)12-20(17)25(8-2)22-10-9-18(13-24-22)23(26)27/h1,9-13,15-16H,8,14H2,2-6H3,(H,26,27). The van der Waals surface area contributed by atoms with E-state index in [9.17, 15) is 4.79 Å². The number of carbonyl (C=O) groups is 1. The van der Waals surface area contributed by atoms with Crippen molar-refractivity contribution in [3.05, 3.63) is 47.2 Å². The number of nitrogens with zero attached hydrogens (tertiary/aromatic N) is 2. The fourth-order valence-corrected chi connectivity index (χ4v) is 2.88. The van der Waals surface area contributed by atoms with Crippen molar-refractivity contribution in [3.8, 4) is 18.1 Å². The molecule has 1 aromatic heterocycles. The number of rotatable bonds is 8. The first-order chi connectivity index (χ1) is 13.3. The minimum atomic E-state index is -1.000. The van der Waals surface area contributed by atoms with Crippen LogP contribution in [0.15, 0.2) is 30.5 Å². The molecule has 0 unspecified atom stereocenters. The molecular formula is C23H28N2O3. The zero-order valence-corrected chi connectivity index (χ0v) is 17.2. The summed E-state index contributed by atoms with van der Waals surface area (Å²) in [6.07, 6.45) is 7.17. The number of hydrogen-bond donors (Lipinski definition) is 1. The first-order valence-electron chi connectivity index (χ1n) is 9.52. The predicted octanol–water partition coefficient (Wildman–Crippen LogP) is 5.08. The van der Waals surface area contributed by atoms with Gasteiger partial charge in [0.1, 0.15) is 11.6 Å². The average molecular weight is 380 g/mol. The molecule has 0 aliphatic rings. The molecule has 0 fully saturated rings. The fraction of sp³-hybridized carbons (Fsp3) is 0.391. The summed E-state index contributed by atoms with van der Waals surface area (Å²) in [5, 5.41) is 9.09. The molecule has 148 valence electrons. The number of aromatic carboxylic acids is 1. The van der Waals surface area contributed by atoms with Crippen LogP contribution in [0, 0.1) is 18.3 Å². The number of aromatic nitrogens is 1. The van der Waals surface area contributed by atoms with Crippen LogP contribution in [0.5, 0.6) is 5.75 Å². The summed E-state index contributed by atoms with van der Waals surface area (Å²) in [4.78, 5) is 17.4. The summed E-state index contributed by atoms with van der Waals surface area (Å²) < 4.78 is 6.02. The van der Waals surface area contributed by atoms with Gasteiger partial charge < -0.3 is 14.7 Å². The molecule has 2 aromatic rings. The second kappa shape index (κ2) is 9.27. The third-order valence-electron chi connectivity index (χ3n) is 4.36. The predicted molar refractivity (Wildman–Crippen MR) is 113 cm³/mol. The Hall–Kier alpha value is -3.00. The molecule has 0 aliphatic carbocycles. The van der Waals surface area contributed by atoms with E-state index in [1.165, 1.54) is 6.20 Å². The smallest absolute Gasteiger partial charge is 0.337 e. The summed E-state index contributed by atoms with van der Waals surface area (Å²) in [5.41, 5.74) is 2.81. The third-order valence-corrected chi connectivity index (χ3v) is 4.36. The number of ether oxygens (including phenoxy) is 1. The van der Waals surface area contributed by atoms with Crippen molar-refractivity contribution in [3.63, 3.8) is 0 Å². The molecule has 0 saturated heterocycles. The van der Waals surface area contributed by atoms with E-state index in [0.717, 1.165) is 17.0 Å². The maximum absolute atomic E-state index is 11.1. The number of benzene rings is 1. The molecule has 0 saturated carbocycles. The first kappa shape index (κ1) is 21.3. The monoisotopic (exact) mass is 380 g/mol. The highest BCUT2D eigenvalue weighted by Crippen LogP contribution is 2.36. The van der Waals surface area contributed by atoms with Crippen LogP contribution in [0.2, 0.25) is 0 Å². The zero-order chi connectivity index (χ0) is 20.8. The topological polar surface area (TPSA) is 62.7 Å². The van der Waals surface area contributed by atoms with Crippen LogP contribution in [0.25, 0.3) is 0 Å². The van der Waals surface area contributed by atoms with E-state index in [1.807, 2.05) is 17.9 Å². The molecule has 0 aliphatic heterocycles. The summed E-state index contributed by atoms with van der Waals surface area (Å²) >= 11 is 0. The van der Waals surface area contributed by atoms with Gasteiger partial charge in [-0.25, -0.2) is 9.78 Å². The van der Waals surface area contributed by atoms with Crippen molar-refractivity contribution >= 4 is 17.5 Å². The van der Waals surface area contributed by atoms with Crippen LogP contribution >= 0.6 is 0 Å². The van der Waals surface area contributed by atoms with Gasteiger partial charge >= 0.3 is 5.97 Å². The van der Waals surface area contributed by atoms with E-state index in [2.05, 4.69) is 44.7 Å². The Labute approximate surface area is 167 Å². The second-order valence-corrected chi connectivity index (χ2v) is 7.37. The molecule has 0 radical (unpaired) electrons. The largest absolute Gasteiger partial charge is 0.493 e. The first-order valence-corrected chi connectivity index (χ1v) is 9.52. The Morgan fingerprint density at radius 1 is 1.29 bits per heavy atom. The summed E-state index contributed by atoms with van der Waals surface area (Å²) in [7, 11) is 0. The molecule has 28 heavy (non-hydrogen) atoms. The van der Waals surface area contributed by atoms with Crippen molar-refractivity contribution in [2.24, 2.45) is 5.92 Å². The molecule has 2 rings (SSSR count). The van der Waals surface area contributed by atoms with Crippen molar-refractivity contribution < 1.29 is 14.6 Å². The van der Waals surface area contributed by atoms with Crippen LogP contribution in [-0.2, 0) is 0 Å². The number of pyridine rings is 1. The molecule has 5 heteroatoms. The lowest BCUT2D eigenvalue weighted by atomic mass is 9.98. The Kier molecular flexibility index (Phi) is 7.06. The van der Waals surface area contributed by atoms with Gasteiger partial charge in [-0.2, -0.15) is 0 Å².